The molecule has 0 nitrogen and oxygen atoms in total. The smallest absolute Gasteiger partial charge is 0.0175 e. The van der Waals surface area contributed by atoms with Crippen molar-refractivity contribution in [3.63, 3.8) is 0 Å². The summed E-state index contributed by atoms with van der Waals surface area (Å²) in [6, 6.07) is 0. The lowest BCUT2D eigenvalue weighted by molar-refractivity contribution is 0.406. The summed E-state index contributed by atoms with van der Waals surface area (Å²) in [4.78, 5) is 0. The van der Waals surface area contributed by atoms with Gasteiger partial charge in [0.1, 0.15) is 0 Å². The van der Waals surface area contributed by atoms with E-state index >= 15 is 0 Å². The van der Waals surface area contributed by atoms with E-state index in [0.29, 0.717) is 5.41 Å². The van der Waals surface area contributed by atoms with Crippen molar-refractivity contribution in [1.82, 2.24) is 0 Å². The van der Waals surface area contributed by atoms with Crippen LogP contribution in [0.5, 0.6) is 0 Å². The fourth-order valence-electron chi connectivity index (χ4n) is 1.16. The second-order valence-electron chi connectivity index (χ2n) is 3.28. The number of rotatable bonds is 0. The van der Waals surface area contributed by atoms with Crippen molar-refractivity contribution in [1.29, 1.82) is 0 Å². The molecule has 0 N–H and O–H groups in total. The SMILES string of the molecule is C.CC1(C)C=CCCC1. The summed E-state index contributed by atoms with van der Waals surface area (Å²) in [6.45, 7) is 4.59. The number of hydrogen-bond acceptors (Lipinski definition) is 0. The van der Waals surface area contributed by atoms with Crippen molar-refractivity contribution in [2.24, 2.45) is 5.41 Å². The normalized spacial score (nSPS) is 22.9. The van der Waals surface area contributed by atoms with Gasteiger partial charge in [0.25, 0.3) is 0 Å². The predicted molar refractivity (Wildman–Crippen MR) is 43.5 cm³/mol. The van der Waals surface area contributed by atoms with E-state index in [1.807, 2.05) is 0 Å². The van der Waals surface area contributed by atoms with Crippen LogP contribution in [-0.2, 0) is 0 Å². The number of allylic oxidation sites excluding steroid dienone is 2. The first-order valence-corrected chi connectivity index (χ1v) is 3.38. The van der Waals surface area contributed by atoms with Gasteiger partial charge in [0.15, 0.2) is 0 Å². The highest BCUT2D eigenvalue weighted by molar-refractivity contribution is 4.98. The highest BCUT2D eigenvalue weighted by Crippen LogP contribution is 2.28. The van der Waals surface area contributed by atoms with Crippen LogP contribution >= 0.6 is 0 Å². The Morgan fingerprint density at radius 2 is 2.00 bits per heavy atom. The second kappa shape index (κ2) is 3.05. The molecule has 1 aliphatic carbocycles. The Bertz CT molecular complexity index is 98.6. The van der Waals surface area contributed by atoms with Gasteiger partial charge >= 0.3 is 0 Å². The van der Waals surface area contributed by atoms with E-state index in [9.17, 15) is 0 Å². The van der Waals surface area contributed by atoms with E-state index in [-0.39, 0.29) is 7.43 Å². The molecule has 0 spiro atoms. The third-order valence-corrected chi connectivity index (χ3v) is 1.76. The van der Waals surface area contributed by atoms with Gasteiger partial charge < -0.3 is 0 Å². The molecule has 0 aromatic rings. The van der Waals surface area contributed by atoms with E-state index in [1.54, 1.807) is 0 Å². The second-order valence-corrected chi connectivity index (χ2v) is 3.28. The zero-order valence-electron chi connectivity index (χ0n) is 5.78. The first-order chi connectivity index (χ1) is 3.71. The van der Waals surface area contributed by atoms with Crippen LogP contribution < -0.4 is 0 Å². The molecule has 0 aromatic carbocycles. The minimum absolute atomic E-state index is 0. The van der Waals surface area contributed by atoms with Crippen LogP contribution in [0.4, 0.5) is 0 Å². The molecular formula is C9H18. The number of hydrogen-bond donors (Lipinski definition) is 0. The first-order valence-electron chi connectivity index (χ1n) is 3.38. The molecule has 0 bridgehead atoms. The molecule has 0 aromatic heterocycles. The van der Waals surface area contributed by atoms with Gasteiger partial charge in [0.2, 0.25) is 0 Å². The van der Waals surface area contributed by atoms with Crippen molar-refractivity contribution in [3.8, 4) is 0 Å². The van der Waals surface area contributed by atoms with E-state index in [1.165, 1.54) is 19.3 Å². The van der Waals surface area contributed by atoms with Crippen LogP contribution in [0.2, 0.25) is 0 Å². The van der Waals surface area contributed by atoms with E-state index in [4.69, 9.17) is 0 Å². The minimum Gasteiger partial charge on any atom is -0.0880 e. The van der Waals surface area contributed by atoms with Crippen LogP contribution in [0.15, 0.2) is 12.2 Å². The fourth-order valence-corrected chi connectivity index (χ4v) is 1.16. The molecule has 0 saturated carbocycles. The molecule has 0 heterocycles. The van der Waals surface area contributed by atoms with Crippen molar-refractivity contribution < 1.29 is 0 Å². The molecule has 0 aliphatic heterocycles. The lowest BCUT2D eigenvalue weighted by Crippen LogP contribution is -2.09. The summed E-state index contributed by atoms with van der Waals surface area (Å²) in [6.07, 6.45) is 8.66. The van der Waals surface area contributed by atoms with Crippen molar-refractivity contribution in [3.05, 3.63) is 12.2 Å². The summed E-state index contributed by atoms with van der Waals surface area (Å²) >= 11 is 0. The quantitative estimate of drug-likeness (QED) is 0.436. The van der Waals surface area contributed by atoms with Crippen LogP contribution in [0, 0.1) is 5.41 Å². The Morgan fingerprint density at radius 3 is 2.22 bits per heavy atom. The van der Waals surface area contributed by atoms with Gasteiger partial charge in [-0.15, -0.1) is 0 Å². The molecule has 0 saturated heterocycles. The Labute approximate surface area is 59.0 Å². The predicted octanol–water partition coefficient (Wildman–Crippen LogP) is 3.39. The van der Waals surface area contributed by atoms with Gasteiger partial charge in [-0.1, -0.05) is 33.4 Å². The Morgan fingerprint density at radius 1 is 1.33 bits per heavy atom. The average Bonchev–Trinajstić information content (AvgIpc) is 1.65. The van der Waals surface area contributed by atoms with Crippen LogP contribution in [0.1, 0.15) is 40.5 Å². The minimum atomic E-state index is 0. The zero-order valence-corrected chi connectivity index (χ0v) is 5.78. The lowest BCUT2D eigenvalue weighted by atomic mass is 9.83. The van der Waals surface area contributed by atoms with Crippen molar-refractivity contribution >= 4 is 0 Å². The summed E-state index contributed by atoms with van der Waals surface area (Å²) in [5.74, 6) is 0. The summed E-state index contributed by atoms with van der Waals surface area (Å²) in [5, 5.41) is 0. The monoisotopic (exact) mass is 126 g/mol. The topological polar surface area (TPSA) is 0 Å². The summed E-state index contributed by atoms with van der Waals surface area (Å²) in [5.41, 5.74) is 0.498. The molecule has 54 valence electrons. The molecule has 0 atom stereocenters. The third kappa shape index (κ3) is 2.69. The molecule has 0 amide bonds. The van der Waals surface area contributed by atoms with E-state index in [2.05, 4.69) is 26.0 Å². The van der Waals surface area contributed by atoms with Gasteiger partial charge in [-0.25, -0.2) is 0 Å². The maximum atomic E-state index is 2.33. The van der Waals surface area contributed by atoms with Gasteiger partial charge in [-0.2, -0.15) is 0 Å². The standard InChI is InChI=1S/C8H14.CH4/c1-8(2)6-4-3-5-7-8;/h4,6H,3,5,7H2,1-2H3;1H4. The van der Waals surface area contributed by atoms with Crippen molar-refractivity contribution in [2.45, 2.75) is 40.5 Å². The maximum absolute atomic E-state index is 2.33. The van der Waals surface area contributed by atoms with Gasteiger partial charge in [0, 0.05) is 0 Å². The first kappa shape index (κ1) is 8.74. The third-order valence-electron chi connectivity index (χ3n) is 1.76. The molecule has 9 heavy (non-hydrogen) atoms. The molecule has 0 fully saturated rings. The van der Waals surface area contributed by atoms with Crippen LogP contribution in [0.25, 0.3) is 0 Å². The van der Waals surface area contributed by atoms with E-state index in [0.717, 1.165) is 0 Å². The molecule has 0 unspecified atom stereocenters. The Hall–Kier alpha value is -0.260. The van der Waals surface area contributed by atoms with E-state index < -0.39 is 0 Å². The molecule has 0 radical (unpaired) electrons. The zero-order chi connectivity index (χ0) is 6.04. The molecular weight excluding hydrogens is 108 g/mol. The van der Waals surface area contributed by atoms with Crippen LogP contribution in [0.3, 0.4) is 0 Å². The van der Waals surface area contributed by atoms with Gasteiger partial charge in [-0.05, 0) is 24.7 Å². The largest absolute Gasteiger partial charge is 0.0880 e. The molecule has 0 heteroatoms. The van der Waals surface area contributed by atoms with Gasteiger partial charge in [-0.3, -0.25) is 0 Å². The average molecular weight is 126 g/mol. The van der Waals surface area contributed by atoms with Crippen molar-refractivity contribution in [2.75, 3.05) is 0 Å². The molecule has 1 rings (SSSR count). The highest BCUT2D eigenvalue weighted by atomic mass is 14.2. The van der Waals surface area contributed by atoms with Crippen LogP contribution in [-0.4, -0.2) is 0 Å². The fraction of sp³-hybridized carbons (Fsp3) is 0.778. The Balaban J connectivity index is 0.000000640. The maximum Gasteiger partial charge on any atom is -0.0175 e. The lowest BCUT2D eigenvalue weighted by Gasteiger charge is -2.22. The highest BCUT2D eigenvalue weighted by Gasteiger charge is 2.14. The Kier molecular flexibility index (Phi) is 2.96. The summed E-state index contributed by atoms with van der Waals surface area (Å²) in [7, 11) is 0. The molecule has 1 aliphatic rings. The van der Waals surface area contributed by atoms with Gasteiger partial charge in [0.05, 0.1) is 0 Å². The summed E-state index contributed by atoms with van der Waals surface area (Å²) < 4.78 is 0.